The fourth-order valence-electron chi connectivity index (χ4n) is 4.42. The first-order chi connectivity index (χ1) is 18.8. The molecule has 0 aliphatic rings. The van der Waals surface area contributed by atoms with E-state index >= 15 is 0 Å². The minimum absolute atomic E-state index is 0.109. The molecule has 4 aromatic rings. The third-order valence-electron chi connectivity index (χ3n) is 6.46. The summed E-state index contributed by atoms with van der Waals surface area (Å²) in [5.41, 5.74) is 4.06. The van der Waals surface area contributed by atoms with Gasteiger partial charge in [-0.25, -0.2) is 14.2 Å². The topological polar surface area (TPSA) is 105 Å². The summed E-state index contributed by atoms with van der Waals surface area (Å²) in [5, 5.41) is 15.7. The van der Waals surface area contributed by atoms with E-state index in [2.05, 4.69) is 15.6 Å². The fraction of sp³-hybridized carbons (Fsp3) is 0.233. The normalized spacial score (nSPS) is 11.6. The van der Waals surface area contributed by atoms with Crippen LogP contribution in [0.2, 0.25) is 0 Å². The van der Waals surface area contributed by atoms with Crippen LogP contribution in [0.15, 0.2) is 73.2 Å². The summed E-state index contributed by atoms with van der Waals surface area (Å²) in [7, 11) is 1.61. The average Bonchev–Trinajstić information content (AvgIpc) is 3.40. The number of halogens is 1. The van der Waals surface area contributed by atoms with Crippen molar-refractivity contribution in [3.63, 3.8) is 0 Å². The van der Waals surface area contributed by atoms with Gasteiger partial charge >= 0.3 is 5.97 Å². The van der Waals surface area contributed by atoms with Crippen molar-refractivity contribution in [2.45, 2.75) is 39.3 Å². The highest BCUT2D eigenvalue weighted by Crippen LogP contribution is 2.19. The van der Waals surface area contributed by atoms with E-state index in [1.165, 1.54) is 12.1 Å². The summed E-state index contributed by atoms with van der Waals surface area (Å²) in [4.78, 5) is 29.2. The van der Waals surface area contributed by atoms with Crippen LogP contribution in [0.4, 0.5) is 10.2 Å². The lowest BCUT2D eigenvalue weighted by Crippen LogP contribution is -2.42. The van der Waals surface area contributed by atoms with Crippen LogP contribution in [0.1, 0.15) is 39.5 Å². The summed E-state index contributed by atoms with van der Waals surface area (Å²) in [6.07, 6.45) is 6.19. The number of anilines is 1. The van der Waals surface area contributed by atoms with Crippen LogP contribution in [0, 0.1) is 12.7 Å². The summed E-state index contributed by atoms with van der Waals surface area (Å²) in [5.74, 6) is -0.641. The molecule has 39 heavy (non-hydrogen) atoms. The number of carbonyl (C=O) groups excluding carboxylic acids is 1. The van der Waals surface area contributed by atoms with Gasteiger partial charge in [0.1, 0.15) is 23.4 Å². The number of nitrogens with one attached hydrogen (secondary N) is 2. The first-order valence-electron chi connectivity index (χ1n) is 12.6. The third-order valence-corrected chi connectivity index (χ3v) is 6.46. The van der Waals surface area contributed by atoms with Crippen molar-refractivity contribution in [2.24, 2.45) is 0 Å². The van der Waals surface area contributed by atoms with Crippen molar-refractivity contribution >= 4 is 17.7 Å². The van der Waals surface area contributed by atoms with Gasteiger partial charge in [0.25, 0.3) is 5.91 Å². The van der Waals surface area contributed by atoms with E-state index in [0.717, 1.165) is 22.6 Å². The smallest absolute Gasteiger partial charge is 0.326 e. The zero-order valence-corrected chi connectivity index (χ0v) is 22.1. The van der Waals surface area contributed by atoms with E-state index < -0.39 is 23.7 Å². The lowest BCUT2D eigenvalue weighted by molar-refractivity contribution is -0.139. The van der Waals surface area contributed by atoms with Gasteiger partial charge in [-0.2, -0.15) is 0 Å². The summed E-state index contributed by atoms with van der Waals surface area (Å²) in [6.45, 7) is 4.05. The molecule has 0 radical (unpaired) electrons. The van der Waals surface area contributed by atoms with Gasteiger partial charge in [-0.15, -0.1) is 0 Å². The number of rotatable bonds is 11. The number of ether oxygens (including phenoxy) is 1. The minimum Gasteiger partial charge on any atom is -0.497 e. The molecule has 1 amide bonds. The second kappa shape index (κ2) is 12.3. The molecule has 1 unspecified atom stereocenters. The summed E-state index contributed by atoms with van der Waals surface area (Å²) < 4.78 is 21.0. The van der Waals surface area contributed by atoms with Gasteiger partial charge in [0.05, 0.1) is 7.11 Å². The summed E-state index contributed by atoms with van der Waals surface area (Å²) >= 11 is 0. The molecule has 4 rings (SSSR count). The Bertz CT molecular complexity index is 1470. The van der Waals surface area contributed by atoms with E-state index in [-0.39, 0.29) is 6.42 Å². The molecule has 0 bridgehead atoms. The quantitative estimate of drug-likeness (QED) is 0.254. The molecule has 0 fully saturated rings. The number of aromatic nitrogens is 2. The highest BCUT2D eigenvalue weighted by molar-refractivity contribution is 5.99. The third kappa shape index (κ3) is 6.81. The van der Waals surface area contributed by atoms with Gasteiger partial charge in [0.2, 0.25) is 0 Å². The van der Waals surface area contributed by atoms with Crippen molar-refractivity contribution in [3.8, 4) is 11.4 Å². The molecule has 2 heterocycles. The van der Waals surface area contributed by atoms with Crippen molar-refractivity contribution in [1.82, 2.24) is 14.9 Å². The van der Waals surface area contributed by atoms with Crippen LogP contribution >= 0.6 is 0 Å². The Hall–Kier alpha value is -4.66. The molecule has 2 aromatic carbocycles. The predicted octanol–water partition coefficient (Wildman–Crippen LogP) is 4.93. The zero-order chi connectivity index (χ0) is 27.9. The van der Waals surface area contributed by atoms with E-state index in [1.54, 1.807) is 26.3 Å². The first-order valence-corrected chi connectivity index (χ1v) is 12.6. The number of benzene rings is 2. The maximum atomic E-state index is 13.8. The maximum Gasteiger partial charge on any atom is 0.326 e. The summed E-state index contributed by atoms with van der Waals surface area (Å²) in [6, 6.07) is 14.6. The standard InChI is InChI=1S/C30H31FN4O4/c1-4-22-15-23(31)13-19(2)28(22)29(36)34-26(30(37)38)14-20-5-7-24(8-6-20)35-12-10-21(18-35)17-33-27-16-25(39-3)9-11-32-27/h5-13,15-16,18,26H,4,14,17H2,1-3H3,(H,32,33)(H,34,36)(H,37,38). The Morgan fingerprint density at radius 1 is 1.10 bits per heavy atom. The molecule has 1 atom stereocenters. The second-order valence-electron chi connectivity index (χ2n) is 9.21. The van der Waals surface area contributed by atoms with Crippen LogP contribution in [0.25, 0.3) is 5.69 Å². The molecular formula is C30H31FN4O4. The van der Waals surface area contributed by atoms with Crippen molar-refractivity contribution in [2.75, 3.05) is 12.4 Å². The maximum absolute atomic E-state index is 13.8. The molecule has 8 nitrogen and oxygen atoms in total. The number of methoxy groups -OCH3 is 1. The SMILES string of the molecule is CCc1cc(F)cc(C)c1C(=O)NC(Cc1ccc(-n2ccc(CNc3cc(OC)ccn3)c2)cc1)C(=O)O. The van der Waals surface area contributed by atoms with E-state index in [9.17, 15) is 19.1 Å². The molecule has 2 aromatic heterocycles. The Labute approximate surface area is 226 Å². The molecule has 0 saturated heterocycles. The number of carboxylic acid groups (broad SMARTS) is 1. The van der Waals surface area contributed by atoms with Gasteiger partial charge in [-0.3, -0.25) is 4.79 Å². The van der Waals surface area contributed by atoms with Crippen molar-refractivity contribution in [1.29, 1.82) is 0 Å². The minimum atomic E-state index is -1.14. The highest BCUT2D eigenvalue weighted by Gasteiger charge is 2.24. The molecule has 0 aliphatic heterocycles. The largest absolute Gasteiger partial charge is 0.497 e. The monoisotopic (exact) mass is 530 g/mol. The fourth-order valence-corrected chi connectivity index (χ4v) is 4.42. The van der Waals surface area contributed by atoms with E-state index in [1.807, 2.05) is 60.3 Å². The molecule has 9 heteroatoms. The highest BCUT2D eigenvalue weighted by atomic mass is 19.1. The number of hydrogen-bond acceptors (Lipinski definition) is 5. The number of aryl methyl sites for hydroxylation is 2. The van der Waals surface area contributed by atoms with Crippen LogP contribution in [0.3, 0.4) is 0 Å². The molecule has 202 valence electrons. The number of nitrogens with zero attached hydrogens (tertiary/aromatic N) is 2. The zero-order valence-electron chi connectivity index (χ0n) is 22.1. The Morgan fingerprint density at radius 3 is 2.56 bits per heavy atom. The van der Waals surface area contributed by atoms with Gasteiger partial charge in [-0.1, -0.05) is 19.1 Å². The van der Waals surface area contributed by atoms with Crippen LogP contribution in [-0.4, -0.2) is 39.7 Å². The average molecular weight is 531 g/mol. The van der Waals surface area contributed by atoms with Crippen LogP contribution < -0.4 is 15.4 Å². The van der Waals surface area contributed by atoms with E-state index in [0.29, 0.717) is 35.5 Å². The lowest BCUT2D eigenvalue weighted by Gasteiger charge is -2.18. The molecular weight excluding hydrogens is 499 g/mol. The molecule has 0 saturated carbocycles. The Kier molecular flexibility index (Phi) is 8.60. The second-order valence-corrected chi connectivity index (χ2v) is 9.21. The first kappa shape index (κ1) is 27.4. The number of carbonyl (C=O) groups is 2. The molecule has 3 N–H and O–H groups in total. The lowest BCUT2D eigenvalue weighted by atomic mass is 9.98. The van der Waals surface area contributed by atoms with Gasteiger partial charge in [0, 0.05) is 48.9 Å². The van der Waals surface area contributed by atoms with E-state index in [4.69, 9.17) is 4.74 Å². The van der Waals surface area contributed by atoms with Crippen LogP contribution in [-0.2, 0) is 24.2 Å². The van der Waals surface area contributed by atoms with Gasteiger partial charge in [0.15, 0.2) is 0 Å². The Morgan fingerprint density at radius 2 is 1.87 bits per heavy atom. The number of carboxylic acids is 1. The number of amides is 1. The van der Waals surface area contributed by atoms with Crippen molar-refractivity contribution in [3.05, 3.63) is 107 Å². The van der Waals surface area contributed by atoms with Crippen molar-refractivity contribution < 1.29 is 23.8 Å². The molecule has 0 spiro atoms. The number of pyridine rings is 1. The Balaban J connectivity index is 1.40. The predicted molar refractivity (Wildman–Crippen MR) is 147 cm³/mol. The number of aliphatic carboxylic acids is 1. The van der Waals surface area contributed by atoms with Crippen LogP contribution in [0.5, 0.6) is 5.75 Å². The van der Waals surface area contributed by atoms with Gasteiger partial charge in [-0.05, 0) is 72.0 Å². The van der Waals surface area contributed by atoms with Gasteiger partial charge < -0.3 is 25.0 Å². The number of hydrogen-bond donors (Lipinski definition) is 3. The molecule has 0 aliphatic carbocycles.